The van der Waals surface area contributed by atoms with Gasteiger partial charge in [-0.1, -0.05) is 13.8 Å². The van der Waals surface area contributed by atoms with E-state index in [4.69, 9.17) is 0 Å². The van der Waals surface area contributed by atoms with Crippen LogP contribution in [0.1, 0.15) is 40.0 Å². The van der Waals surface area contributed by atoms with Crippen LogP contribution in [0.5, 0.6) is 0 Å². The van der Waals surface area contributed by atoms with Crippen molar-refractivity contribution < 1.29 is 9.59 Å². The fourth-order valence-electron chi connectivity index (χ4n) is 2.71. The molecule has 1 aliphatic rings. The van der Waals surface area contributed by atoms with Gasteiger partial charge in [0.05, 0.1) is 0 Å². The number of piperazine rings is 1. The van der Waals surface area contributed by atoms with E-state index in [0.717, 1.165) is 12.8 Å². The molecule has 1 saturated heterocycles. The van der Waals surface area contributed by atoms with Gasteiger partial charge in [0.15, 0.2) is 0 Å². The highest BCUT2D eigenvalue weighted by Gasteiger charge is 2.35. The molecule has 1 fully saturated rings. The Balaban J connectivity index is 2.76. The van der Waals surface area contributed by atoms with Crippen LogP contribution in [-0.2, 0) is 9.59 Å². The predicted molar refractivity (Wildman–Crippen MR) is 75.8 cm³/mol. The Bertz CT molecular complexity index is 320. The topological polar surface area (TPSA) is 52.7 Å². The second-order valence-electron chi connectivity index (χ2n) is 5.20. The molecule has 5 heteroatoms. The molecule has 110 valence electrons. The lowest BCUT2D eigenvalue weighted by Crippen LogP contribution is -2.60. The Labute approximate surface area is 116 Å². The first-order valence-corrected chi connectivity index (χ1v) is 7.26. The maximum atomic E-state index is 12.2. The average Bonchev–Trinajstić information content (AvgIpc) is 2.42. The van der Waals surface area contributed by atoms with E-state index in [1.807, 2.05) is 16.8 Å². The molecule has 0 saturated carbocycles. The molecule has 0 aromatic carbocycles. The quantitative estimate of drug-likeness (QED) is 0.805. The molecule has 0 spiro atoms. The number of hydrogen-bond acceptors (Lipinski definition) is 3. The molecule has 2 amide bonds. The van der Waals surface area contributed by atoms with Crippen molar-refractivity contribution in [1.82, 2.24) is 15.1 Å². The molecule has 0 aliphatic carbocycles. The van der Waals surface area contributed by atoms with Crippen molar-refractivity contribution >= 4 is 11.8 Å². The van der Waals surface area contributed by atoms with Gasteiger partial charge >= 0.3 is 0 Å². The van der Waals surface area contributed by atoms with Gasteiger partial charge in [0, 0.05) is 45.1 Å². The fourth-order valence-corrected chi connectivity index (χ4v) is 2.71. The summed E-state index contributed by atoms with van der Waals surface area (Å²) in [6, 6.07) is 0.329. The first-order chi connectivity index (χ1) is 9.04. The second-order valence-corrected chi connectivity index (χ2v) is 5.20. The first-order valence-electron chi connectivity index (χ1n) is 7.26. The predicted octanol–water partition coefficient (Wildman–Crippen LogP) is 0.844. The van der Waals surface area contributed by atoms with Crippen LogP contribution in [-0.4, -0.2) is 60.4 Å². The summed E-state index contributed by atoms with van der Waals surface area (Å²) >= 11 is 0. The number of nitrogens with one attached hydrogen (secondary N) is 1. The minimum atomic E-state index is 0.118. The van der Waals surface area contributed by atoms with Crippen LogP contribution in [0.3, 0.4) is 0 Å². The molecule has 0 radical (unpaired) electrons. The van der Waals surface area contributed by atoms with Crippen molar-refractivity contribution in [2.75, 3.05) is 26.7 Å². The number of carbonyl (C=O) groups excluding carboxylic acids is 2. The molecule has 19 heavy (non-hydrogen) atoms. The van der Waals surface area contributed by atoms with Crippen LogP contribution < -0.4 is 5.32 Å². The highest BCUT2D eigenvalue weighted by Crippen LogP contribution is 2.20. The molecule has 0 aromatic rings. The highest BCUT2D eigenvalue weighted by molar-refractivity contribution is 5.78. The second kappa shape index (κ2) is 7.48. The molecule has 0 aromatic heterocycles. The van der Waals surface area contributed by atoms with E-state index in [-0.39, 0.29) is 23.9 Å². The summed E-state index contributed by atoms with van der Waals surface area (Å²) in [6.45, 7) is 7.83. The Morgan fingerprint density at radius 2 is 1.63 bits per heavy atom. The largest absolute Gasteiger partial charge is 0.336 e. The summed E-state index contributed by atoms with van der Waals surface area (Å²) in [6.07, 6.45) is 2.32. The van der Waals surface area contributed by atoms with Crippen LogP contribution >= 0.6 is 0 Å². The number of amides is 2. The van der Waals surface area contributed by atoms with E-state index in [0.29, 0.717) is 26.1 Å². The Morgan fingerprint density at radius 3 is 2.11 bits per heavy atom. The lowest BCUT2D eigenvalue weighted by molar-refractivity contribution is -0.145. The Kier molecular flexibility index (Phi) is 6.28. The molecular formula is C14H27N3O2. The molecule has 2 atom stereocenters. The van der Waals surface area contributed by atoms with Gasteiger partial charge < -0.3 is 15.1 Å². The van der Waals surface area contributed by atoms with Gasteiger partial charge in [0.2, 0.25) is 11.8 Å². The van der Waals surface area contributed by atoms with Crippen molar-refractivity contribution in [2.45, 2.75) is 52.1 Å². The standard InChI is InChI=1S/C14H27N3O2/c1-5-12-10-17(14(19)7-8-15-4)13(6-2)9-16(12)11(3)18/h12-13,15H,5-10H2,1-4H3. The zero-order valence-electron chi connectivity index (χ0n) is 12.6. The van der Waals surface area contributed by atoms with Gasteiger partial charge in [-0.15, -0.1) is 0 Å². The van der Waals surface area contributed by atoms with Crippen LogP contribution in [0.15, 0.2) is 0 Å². The minimum Gasteiger partial charge on any atom is -0.336 e. The van der Waals surface area contributed by atoms with Crippen LogP contribution in [0, 0.1) is 0 Å². The normalized spacial score (nSPS) is 23.6. The smallest absolute Gasteiger partial charge is 0.224 e. The van der Waals surface area contributed by atoms with Crippen molar-refractivity contribution in [3.05, 3.63) is 0 Å². The molecule has 1 heterocycles. The van der Waals surface area contributed by atoms with Gasteiger partial charge in [-0.3, -0.25) is 9.59 Å². The van der Waals surface area contributed by atoms with Gasteiger partial charge in [0.25, 0.3) is 0 Å². The molecule has 2 unspecified atom stereocenters. The third-order valence-electron chi connectivity index (χ3n) is 3.95. The monoisotopic (exact) mass is 269 g/mol. The van der Waals surface area contributed by atoms with E-state index in [1.54, 1.807) is 6.92 Å². The lowest BCUT2D eigenvalue weighted by Gasteiger charge is -2.46. The zero-order chi connectivity index (χ0) is 14.4. The molecular weight excluding hydrogens is 242 g/mol. The van der Waals surface area contributed by atoms with E-state index in [1.165, 1.54) is 0 Å². The third kappa shape index (κ3) is 3.93. The SMILES string of the molecule is CCC1CN(C(=O)CCNC)C(CC)CN1C(C)=O. The fraction of sp³-hybridized carbons (Fsp3) is 0.857. The molecule has 1 aliphatic heterocycles. The average molecular weight is 269 g/mol. The summed E-state index contributed by atoms with van der Waals surface area (Å²) in [5, 5.41) is 3.01. The van der Waals surface area contributed by atoms with Crippen molar-refractivity contribution in [3.8, 4) is 0 Å². The molecule has 5 nitrogen and oxygen atoms in total. The van der Waals surface area contributed by atoms with Gasteiger partial charge in [-0.2, -0.15) is 0 Å². The molecule has 1 rings (SSSR count). The van der Waals surface area contributed by atoms with Gasteiger partial charge in [-0.25, -0.2) is 0 Å². The van der Waals surface area contributed by atoms with E-state index >= 15 is 0 Å². The highest BCUT2D eigenvalue weighted by atomic mass is 16.2. The minimum absolute atomic E-state index is 0.118. The third-order valence-corrected chi connectivity index (χ3v) is 3.95. The molecule has 1 N–H and O–H groups in total. The van der Waals surface area contributed by atoms with Gasteiger partial charge in [-0.05, 0) is 19.9 Å². The number of nitrogens with zero attached hydrogens (tertiary/aromatic N) is 2. The van der Waals surface area contributed by atoms with E-state index < -0.39 is 0 Å². The van der Waals surface area contributed by atoms with Crippen LogP contribution in [0.25, 0.3) is 0 Å². The summed E-state index contributed by atoms with van der Waals surface area (Å²) in [5.41, 5.74) is 0. The van der Waals surface area contributed by atoms with Crippen molar-refractivity contribution in [3.63, 3.8) is 0 Å². The number of carbonyl (C=O) groups is 2. The first kappa shape index (κ1) is 16.0. The van der Waals surface area contributed by atoms with Crippen LogP contribution in [0.2, 0.25) is 0 Å². The summed E-state index contributed by atoms with van der Waals surface area (Å²) in [4.78, 5) is 27.8. The zero-order valence-corrected chi connectivity index (χ0v) is 12.6. The molecule has 0 bridgehead atoms. The van der Waals surface area contributed by atoms with Crippen LogP contribution in [0.4, 0.5) is 0 Å². The maximum absolute atomic E-state index is 12.2. The summed E-state index contributed by atoms with van der Waals surface area (Å²) < 4.78 is 0. The summed E-state index contributed by atoms with van der Waals surface area (Å²) in [7, 11) is 1.85. The van der Waals surface area contributed by atoms with E-state index in [9.17, 15) is 9.59 Å². The number of hydrogen-bond donors (Lipinski definition) is 1. The maximum Gasteiger partial charge on any atom is 0.224 e. The lowest BCUT2D eigenvalue weighted by atomic mass is 10.0. The summed E-state index contributed by atoms with van der Waals surface area (Å²) in [5.74, 6) is 0.315. The van der Waals surface area contributed by atoms with Crippen molar-refractivity contribution in [1.29, 1.82) is 0 Å². The number of rotatable bonds is 5. The Morgan fingerprint density at radius 1 is 1.11 bits per heavy atom. The Hall–Kier alpha value is -1.10. The van der Waals surface area contributed by atoms with Gasteiger partial charge in [0.1, 0.15) is 0 Å². The van der Waals surface area contributed by atoms with E-state index in [2.05, 4.69) is 19.2 Å². The van der Waals surface area contributed by atoms with Crippen molar-refractivity contribution in [2.24, 2.45) is 0 Å².